The van der Waals surface area contributed by atoms with Gasteiger partial charge in [0.25, 0.3) is 0 Å². The van der Waals surface area contributed by atoms with Crippen molar-refractivity contribution in [2.45, 2.75) is 19.4 Å². The van der Waals surface area contributed by atoms with E-state index in [1.165, 1.54) is 4.57 Å². The minimum Gasteiger partial charge on any atom is -0.496 e. The van der Waals surface area contributed by atoms with Crippen molar-refractivity contribution >= 4 is 17.0 Å². The topological polar surface area (TPSA) is 108 Å². The number of nitrogens with zero attached hydrogens (tertiary/aromatic N) is 3. The molecule has 3 aromatic rings. The lowest BCUT2D eigenvalue weighted by molar-refractivity contribution is 0.300. The molecular formula is C18H19N5O3. The number of nitrogen functional groups attached to an aromatic ring is 1. The van der Waals surface area contributed by atoms with Crippen LogP contribution in [0.15, 0.2) is 35.1 Å². The van der Waals surface area contributed by atoms with Crippen LogP contribution in [0.4, 0.5) is 5.82 Å². The monoisotopic (exact) mass is 353 g/mol. The number of H-pyrrole nitrogens is 1. The molecule has 0 spiro atoms. The molecule has 0 radical (unpaired) electrons. The Hall–Kier alpha value is -3.29. The first-order chi connectivity index (χ1) is 12.7. The molecule has 0 saturated carbocycles. The van der Waals surface area contributed by atoms with Crippen LogP contribution in [0.1, 0.15) is 17.5 Å². The van der Waals surface area contributed by atoms with Crippen molar-refractivity contribution in [3.8, 4) is 11.8 Å². The summed E-state index contributed by atoms with van der Waals surface area (Å²) < 4.78 is 12.6. The van der Waals surface area contributed by atoms with Crippen molar-refractivity contribution in [2.24, 2.45) is 0 Å². The second-order valence-electron chi connectivity index (χ2n) is 6.07. The van der Waals surface area contributed by atoms with E-state index in [0.717, 1.165) is 23.3 Å². The molecule has 4 rings (SSSR count). The highest BCUT2D eigenvalue weighted by Gasteiger charge is 2.15. The Labute approximate surface area is 149 Å². The summed E-state index contributed by atoms with van der Waals surface area (Å²) in [4.78, 5) is 23.6. The maximum absolute atomic E-state index is 12.4. The predicted molar refractivity (Wildman–Crippen MR) is 97.6 cm³/mol. The molecule has 1 aromatic carbocycles. The van der Waals surface area contributed by atoms with Crippen LogP contribution in [0.3, 0.4) is 0 Å². The summed E-state index contributed by atoms with van der Waals surface area (Å²) in [6.45, 7) is 0.780. The van der Waals surface area contributed by atoms with Gasteiger partial charge < -0.3 is 20.2 Å². The Bertz CT molecular complexity index is 1050. The van der Waals surface area contributed by atoms with Gasteiger partial charge in [0.1, 0.15) is 11.3 Å². The first kappa shape index (κ1) is 16.2. The zero-order valence-corrected chi connectivity index (χ0v) is 14.4. The number of imidazole rings is 1. The maximum Gasteiger partial charge on any atom is 0.328 e. The van der Waals surface area contributed by atoms with E-state index >= 15 is 0 Å². The third kappa shape index (κ3) is 2.90. The molecule has 0 fully saturated rings. The number of hydrogen-bond acceptors (Lipinski definition) is 6. The van der Waals surface area contributed by atoms with Crippen molar-refractivity contribution in [3.63, 3.8) is 0 Å². The largest absolute Gasteiger partial charge is 0.496 e. The van der Waals surface area contributed by atoms with Crippen LogP contribution in [0, 0.1) is 0 Å². The fraction of sp³-hybridized carbons (Fsp3) is 0.278. The zero-order chi connectivity index (χ0) is 18.1. The number of nitrogens with two attached hydrogens (primary N) is 1. The van der Waals surface area contributed by atoms with E-state index in [4.69, 9.17) is 15.2 Å². The van der Waals surface area contributed by atoms with Crippen molar-refractivity contribution in [1.29, 1.82) is 0 Å². The molecule has 0 aliphatic carbocycles. The van der Waals surface area contributed by atoms with Crippen LogP contribution in [0.2, 0.25) is 0 Å². The Morgan fingerprint density at radius 3 is 3.04 bits per heavy atom. The molecule has 134 valence electrons. The quantitative estimate of drug-likeness (QED) is 0.644. The molecule has 4 bridgehead atoms. The van der Waals surface area contributed by atoms with Gasteiger partial charge in [-0.1, -0.05) is 18.2 Å². The molecule has 0 saturated heterocycles. The molecule has 0 amide bonds. The molecule has 2 aromatic heterocycles. The highest BCUT2D eigenvalue weighted by atomic mass is 16.5. The Kier molecular flexibility index (Phi) is 4.08. The molecule has 1 aliphatic rings. The summed E-state index contributed by atoms with van der Waals surface area (Å²) in [5.41, 5.74) is 8.55. The molecule has 8 nitrogen and oxygen atoms in total. The van der Waals surface area contributed by atoms with Gasteiger partial charge in [-0.3, -0.25) is 4.57 Å². The first-order valence-electron chi connectivity index (χ1n) is 8.35. The fourth-order valence-corrected chi connectivity index (χ4v) is 3.06. The summed E-state index contributed by atoms with van der Waals surface area (Å²) in [6.07, 6.45) is 5.57. The molecule has 8 heteroatoms. The van der Waals surface area contributed by atoms with E-state index in [1.807, 2.05) is 24.3 Å². The number of aromatic amines is 1. The lowest BCUT2D eigenvalue weighted by Gasteiger charge is -2.11. The molecule has 26 heavy (non-hydrogen) atoms. The Balaban J connectivity index is 1.88. The summed E-state index contributed by atoms with van der Waals surface area (Å²) >= 11 is 0. The smallest absolute Gasteiger partial charge is 0.328 e. The van der Waals surface area contributed by atoms with Gasteiger partial charge in [0.05, 0.1) is 20.3 Å². The van der Waals surface area contributed by atoms with Gasteiger partial charge in [0.15, 0.2) is 11.5 Å². The third-order valence-electron chi connectivity index (χ3n) is 4.34. The molecular weight excluding hydrogens is 334 g/mol. The number of aromatic nitrogens is 4. The van der Waals surface area contributed by atoms with E-state index < -0.39 is 0 Å². The lowest BCUT2D eigenvalue weighted by Crippen LogP contribution is -2.18. The van der Waals surface area contributed by atoms with Crippen LogP contribution < -0.4 is 20.9 Å². The van der Waals surface area contributed by atoms with E-state index in [9.17, 15) is 4.79 Å². The number of nitrogens with one attached hydrogen (secondary N) is 1. The summed E-state index contributed by atoms with van der Waals surface area (Å²) in [7, 11) is 1.65. The van der Waals surface area contributed by atoms with E-state index in [-0.39, 0.29) is 17.5 Å². The van der Waals surface area contributed by atoms with Crippen LogP contribution >= 0.6 is 0 Å². The number of rotatable bonds is 1. The van der Waals surface area contributed by atoms with Crippen molar-refractivity contribution in [2.75, 3.05) is 19.5 Å². The van der Waals surface area contributed by atoms with Gasteiger partial charge in [-0.2, -0.15) is 9.97 Å². The molecule has 0 atom stereocenters. The number of hydrogen-bond donors (Lipinski definition) is 2. The Morgan fingerprint density at radius 1 is 1.31 bits per heavy atom. The van der Waals surface area contributed by atoms with Gasteiger partial charge in [0, 0.05) is 0 Å². The van der Waals surface area contributed by atoms with Crippen LogP contribution in [-0.4, -0.2) is 33.2 Å². The summed E-state index contributed by atoms with van der Waals surface area (Å²) in [6, 6.07) is 6.07. The summed E-state index contributed by atoms with van der Waals surface area (Å²) in [5, 5.41) is 0. The first-order valence-corrected chi connectivity index (χ1v) is 8.35. The number of allylic oxidation sites excluding steroid dienone is 1. The SMILES string of the molecule is COc1ccc2cc1CC=CCCOc1nc(N)c3[nH]c(=O)n(c3n1)C2. The van der Waals surface area contributed by atoms with E-state index in [2.05, 4.69) is 21.0 Å². The molecule has 1 aliphatic heterocycles. The van der Waals surface area contributed by atoms with Crippen molar-refractivity contribution < 1.29 is 9.47 Å². The number of fused-ring (bicyclic) bond motifs is 3. The molecule has 3 heterocycles. The average molecular weight is 353 g/mol. The van der Waals surface area contributed by atoms with Gasteiger partial charge in [-0.25, -0.2) is 4.79 Å². The lowest BCUT2D eigenvalue weighted by atomic mass is 10.1. The van der Waals surface area contributed by atoms with Gasteiger partial charge >= 0.3 is 11.7 Å². The number of ether oxygens (including phenoxy) is 2. The minimum absolute atomic E-state index is 0.170. The second-order valence-corrected chi connectivity index (χ2v) is 6.07. The predicted octanol–water partition coefficient (Wildman–Crippen LogP) is 1.64. The standard InChI is InChI=1S/C18H19N5O3/c1-25-13-7-6-11-9-12(13)5-3-2-4-8-26-17-21-15(19)14-16(22-17)23(10-11)18(24)20-14/h2-3,6-7,9H,4-5,8,10H2,1H3,(H,20,24)(H2,19,21,22). The Morgan fingerprint density at radius 2 is 2.19 bits per heavy atom. The molecule has 0 unspecified atom stereocenters. The third-order valence-corrected chi connectivity index (χ3v) is 4.34. The van der Waals surface area contributed by atoms with Crippen LogP contribution in [0.5, 0.6) is 11.8 Å². The molecule has 3 N–H and O–H groups in total. The number of methoxy groups -OCH3 is 1. The highest BCUT2D eigenvalue weighted by molar-refractivity contribution is 5.81. The average Bonchev–Trinajstić information content (AvgIpc) is 2.94. The number of benzene rings is 1. The van der Waals surface area contributed by atoms with Crippen molar-refractivity contribution in [1.82, 2.24) is 19.5 Å². The minimum atomic E-state index is -0.289. The normalized spacial score (nSPS) is 14.2. The van der Waals surface area contributed by atoms with Gasteiger partial charge in [-0.05, 0) is 36.1 Å². The second kappa shape index (κ2) is 6.55. The maximum atomic E-state index is 12.4. The van der Waals surface area contributed by atoms with Crippen LogP contribution in [0.25, 0.3) is 11.2 Å². The van der Waals surface area contributed by atoms with Gasteiger partial charge in [0.2, 0.25) is 0 Å². The van der Waals surface area contributed by atoms with Crippen LogP contribution in [-0.2, 0) is 13.0 Å². The van der Waals surface area contributed by atoms with Gasteiger partial charge in [-0.15, -0.1) is 0 Å². The number of anilines is 1. The highest BCUT2D eigenvalue weighted by Crippen LogP contribution is 2.23. The fourth-order valence-electron chi connectivity index (χ4n) is 3.06. The summed E-state index contributed by atoms with van der Waals surface area (Å²) in [5.74, 6) is 1.01. The van der Waals surface area contributed by atoms with E-state index in [1.54, 1.807) is 7.11 Å². The van der Waals surface area contributed by atoms with Crippen molar-refractivity contribution in [3.05, 3.63) is 52.0 Å². The van der Waals surface area contributed by atoms with E-state index in [0.29, 0.717) is 30.7 Å². The zero-order valence-electron chi connectivity index (χ0n) is 14.4.